The molecule has 0 fully saturated rings. The highest BCUT2D eigenvalue weighted by molar-refractivity contribution is 7.88. The van der Waals surface area contributed by atoms with Crippen LogP contribution in [0.4, 0.5) is 0 Å². The molecule has 4 amide bonds. The van der Waals surface area contributed by atoms with E-state index in [9.17, 15) is 27.6 Å². The molecule has 0 radical (unpaired) electrons. The highest BCUT2D eigenvalue weighted by atomic mass is 32.2. The number of hydrogen-bond donors (Lipinski definition) is 5. The van der Waals surface area contributed by atoms with Crippen LogP contribution in [0.2, 0.25) is 0 Å². The van der Waals surface area contributed by atoms with Gasteiger partial charge in [-0.15, -0.1) is 0 Å². The first-order valence-electron chi connectivity index (χ1n) is 16.2. The molecule has 3 rings (SSSR count). The van der Waals surface area contributed by atoms with Crippen LogP contribution >= 0.6 is 0 Å². The molecule has 13 heteroatoms. The van der Waals surface area contributed by atoms with Gasteiger partial charge in [-0.05, 0) is 80.8 Å². The first-order valence-corrected chi connectivity index (χ1v) is 17.9. The minimum absolute atomic E-state index is 0.128. The molecular formula is C36H44N6O6S. The number of rotatable bonds is 21. The number of aryl methyl sites for hydroxylation is 1. The van der Waals surface area contributed by atoms with Gasteiger partial charge in [0.1, 0.15) is 12.1 Å². The van der Waals surface area contributed by atoms with E-state index in [1.807, 2.05) is 19.1 Å². The van der Waals surface area contributed by atoms with E-state index in [0.29, 0.717) is 61.9 Å². The number of carbonyl (C=O) groups excluding carboxylic acids is 4. The zero-order valence-corrected chi connectivity index (χ0v) is 28.4. The molecule has 0 bridgehead atoms. The molecule has 0 saturated carbocycles. The van der Waals surface area contributed by atoms with Gasteiger partial charge >= 0.3 is 0 Å². The summed E-state index contributed by atoms with van der Waals surface area (Å²) in [6.45, 7) is 2.78. The van der Waals surface area contributed by atoms with Gasteiger partial charge in [-0.3, -0.25) is 19.2 Å². The summed E-state index contributed by atoms with van der Waals surface area (Å²) in [5.74, 6) is -1.65. The molecule has 0 aliphatic rings. The summed E-state index contributed by atoms with van der Waals surface area (Å²) in [4.78, 5) is 50.2. The summed E-state index contributed by atoms with van der Waals surface area (Å²) in [5.41, 5.74) is 3.30. The summed E-state index contributed by atoms with van der Waals surface area (Å²) in [7, 11) is -3.96. The lowest BCUT2D eigenvalue weighted by molar-refractivity contribution is -0.130. The Labute approximate surface area is 288 Å². The SMILES string of the molecule is Cc1cccc(C(=O)NCCCCC(NS(=O)(=O)Cc2ccccc2)C(=O)NC(CCCCNC=O)C(=O)NCc2ccc(C#N)cc2)c1. The predicted octanol–water partition coefficient (Wildman–Crippen LogP) is 2.97. The molecule has 3 aromatic rings. The molecule has 49 heavy (non-hydrogen) atoms. The standard InChI is InChI=1S/C36H44N6O6S/c1-27-10-9-13-31(22-27)34(44)39-21-8-6-15-33(42-49(47,48)25-30-11-3-2-4-12-30)36(46)41-32(14-5-7-20-38-26-43)35(45)40-24-29-18-16-28(23-37)17-19-29/h2-4,9-13,16-19,22,26,32-33,42H,5-8,14-15,20-21,24-25H2,1H3,(H,38,43)(H,39,44)(H,40,45)(H,41,46). The van der Waals surface area contributed by atoms with Gasteiger partial charge in [0, 0.05) is 25.2 Å². The molecule has 260 valence electrons. The van der Waals surface area contributed by atoms with Crippen LogP contribution in [0.5, 0.6) is 0 Å². The van der Waals surface area contributed by atoms with Crippen LogP contribution in [0.1, 0.15) is 71.1 Å². The van der Waals surface area contributed by atoms with Crippen molar-refractivity contribution >= 4 is 34.2 Å². The van der Waals surface area contributed by atoms with Crippen LogP contribution in [-0.2, 0) is 36.7 Å². The van der Waals surface area contributed by atoms with Crippen molar-refractivity contribution in [3.63, 3.8) is 0 Å². The number of unbranched alkanes of at least 4 members (excludes halogenated alkanes) is 2. The lowest BCUT2D eigenvalue weighted by Crippen LogP contribution is -2.53. The smallest absolute Gasteiger partial charge is 0.251 e. The second kappa shape index (κ2) is 20.3. The highest BCUT2D eigenvalue weighted by Crippen LogP contribution is 2.11. The minimum Gasteiger partial charge on any atom is -0.359 e. The molecule has 0 aliphatic carbocycles. The van der Waals surface area contributed by atoms with Gasteiger partial charge in [0.15, 0.2) is 0 Å². The van der Waals surface area contributed by atoms with Gasteiger partial charge in [-0.1, -0.05) is 60.2 Å². The van der Waals surface area contributed by atoms with E-state index >= 15 is 0 Å². The monoisotopic (exact) mass is 688 g/mol. The van der Waals surface area contributed by atoms with Crippen LogP contribution in [0.15, 0.2) is 78.9 Å². The van der Waals surface area contributed by atoms with Crippen LogP contribution < -0.4 is 26.0 Å². The van der Waals surface area contributed by atoms with E-state index in [0.717, 1.165) is 11.1 Å². The Bertz CT molecular complexity index is 1680. The maximum Gasteiger partial charge on any atom is 0.251 e. The van der Waals surface area contributed by atoms with Crippen molar-refractivity contribution in [2.24, 2.45) is 0 Å². The van der Waals surface area contributed by atoms with Crippen molar-refractivity contribution in [3.8, 4) is 6.07 Å². The molecule has 0 spiro atoms. The summed E-state index contributed by atoms with van der Waals surface area (Å²) in [6, 6.07) is 22.4. The fraction of sp³-hybridized carbons (Fsp3) is 0.361. The fourth-order valence-corrected chi connectivity index (χ4v) is 6.42. The molecule has 12 nitrogen and oxygen atoms in total. The van der Waals surface area contributed by atoms with Crippen molar-refractivity contribution in [2.75, 3.05) is 13.1 Å². The first-order chi connectivity index (χ1) is 23.6. The van der Waals surface area contributed by atoms with Crippen molar-refractivity contribution in [2.45, 2.75) is 69.8 Å². The number of amides is 4. The molecule has 2 atom stereocenters. The van der Waals surface area contributed by atoms with Gasteiger partial charge in [0.2, 0.25) is 28.2 Å². The molecule has 0 heterocycles. The highest BCUT2D eigenvalue weighted by Gasteiger charge is 2.28. The molecule has 0 saturated heterocycles. The third-order valence-electron chi connectivity index (χ3n) is 7.65. The van der Waals surface area contributed by atoms with Crippen molar-refractivity contribution in [1.82, 2.24) is 26.0 Å². The topological polar surface area (TPSA) is 186 Å². The van der Waals surface area contributed by atoms with Crippen molar-refractivity contribution < 1.29 is 27.6 Å². The predicted molar refractivity (Wildman–Crippen MR) is 186 cm³/mol. The van der Waals surface area contributed by atoms with Crippen LogP contribution in [0, 0.1) is 18.3 Å². The van der Waals surface area contributed by atoms with Gasteiger partial charge in [-0.25, -0.2) is 13.1 Å². The Hall–Kier alpha value is -5.06. The van der Waals surface area contributed by atoms with Gasteiger partial charge in [-0.2, -0.15) is 5.26 Å². The number of carbonyl (C=O) groups is 4. The van der Waals surface area contributed by atoms with E-state index in [1.54, 1.807) is 72.8 Å². The zero-order valence-electron chi connectivity index (χ0n) is 27.6. The first kappa shape index (κ1) is 38.4. The summed E-state index contributed by atoms with van der Waals surface area (Å²) in [6.07, 6.45) is 2.93. The van der Waals surface area contributed by atoms with E-state index < -0.39 is 33.9 Å². The van der Waals surface area contributed by atoms with Crippen LogP contribution in [-0.4, -0.2) is 57.7 Å². The Kier molecular flexibility index (Phi) is 15.9. The van der Waals surface area contributed by atoms with E-state index in [-0.39, 0.29) is 31.0 Å². The van der Waals surface area contributed by atoms with Crippen LogP contribution in [0.25, 0.3) is 0 Å². The number of nitrogens with zero attached hydrogens (tertiary/aromatic N) is 1. The molecule has 5 N–H and O–H groups in total. The van der Waals surface area contributed by atoms with E-state index in [1.165, 1.54) is 0 Å². The second-order valence-corrected chi connectivity index (χ2v) is 13.4. The minimum atomic E-state index is -3.96. The van der Waals surface area contributed by atoms with Crippen molar-refractivity contribution in [3.05, 3.63) is 107 Å². The molecule has 0 aliphatic heterocycles. The lowest BCUT2D eigenvalue weighted by Gasteiger charge is -2.23. The van der Waals surface area contributed by atoms with E-state index in [2.05, 4.69) is 26.0 Å². The van der Waals surface area contributed by atoms with E-state index in [4.69, 9.17) is 5.26 Å². The molecule has 0 aromatic heterocycles. The third kappa shape index (κ3) is 14.3. The number of sulfonamides is 1. The average molecular weight is 689 g/mol. The third-order valence-corrected chi connectivity index (χ3v) is 9.01. The maximum absolute atomic E-state index is 13.7. The van der Waals surface area contributed by atoms with Gasteiger partial charge in [0.05, 0.1) is 17.4 Å². The fourth-order valence-electron chi connectivity index (χ4n) is 5.04. The largest absolute Gasteiger partial charge is 0.359 e. The quantitative estimate of drug-likeness (QED) is 0.0841. The number of nitriles is 1. The molecule has 3 aromatic carbocycles. The summed E-state index contributed by atoms with van der Waals surface area (Å²) in [5, 5.41) is 20.0. The average Bonchev–Trinajstić information content (AvgIpc) is 3.09. The maximum atomic E-state index is 13.7. The Balaban J connectivity index is 1.68. The second-order valence-electron chi connectivity index (χ2n) is 11.7. The van der Waals surface area contributed by atoms with Crippen molar-refractivity contribution in [1.29, 1.82) is 5.26 Å². The normalized spacial score (nSPS) is 12.2. The Morgan fingerprint density at radius 3 is 2.16 bits per heavy atom. The van der Waals surface area contributed by atoms with Gasteiger partial charge in [0.25, 0.3) is 5.91 Å². The molecule has 2 unspecified atom stereocenters. The zero-order chi connectivity index (χ0) is 35.5. The summed E-state index contributed by atoms with van der Waals surface area (Å²) >= 11 is 0. The number of benzene rings is 3. The van der Waals surface area contributed by atoms with Gasteiger partial charge < -0.3 is 21.3 Å². The van der Waals surface area contributed by atoms with Crippen LogP contribution in [0.3, 0.4) is 0 Å². The number of hydrogen-bond acceptors (Lipinski definition) is 7. The number of nitrogens with one attached hydrogen (secondary N) is 5. The summed E-state index contributed by atoms with van der Waals surface area (Å²) < 4.78 is 28.9. The Morgan fingerprint density at radius 2 is 1.49 bits per heavy atom. The lowest BCUT2D eigenvalue weighted by atomic mass is 10.1. The molecular weight excluding hydrogens is 644 g/mol. The Morgan fingerprint density at radius 1 is 0.796 bits per heavy atom.